The summed E-state index contributed by atoms with van der Waals surface area (Å²) >= 11 is 0. The Labute approximate surface area is 165 Å². The van der Waals surface area contributed by atoms with Crippen LogP contribution in [-0.4, -0.2) is 49.2 Å². The van der Waals surface area contributed by atoms with E-state index in [4.69, 9.17) is 19.5 Å². The molecule has 154 valence electrons. The number of hydrogen-bond acceptors (Lipinski definition) is 9. The lowest BCUT2D eigenvalue weighted by molar-refractivity contribution is -0.0346. The fraction of sp³-hybridized carbons (Fsp3) is 0.353. The maximum atomic E-state index is 12.9. The van der Waals surface area contributed by atoms with Crippen LogP contribution < -0.4 is 10.3 Å². The van der Waals surface area contributed by atoms with E-state index in [2.05, 4.69) is 10.1 Å². The Morgan fingerprint density at radius 3 is 2.90 bits per heavy atom. The Hall–Kier alpha value is -2.56. The molecule has 11 nitrogen and oxygen atoms in total. The van der Waals surface area contributed by atoms with Crippen LogP contribution in [0.5, 0.6) is 5.75 Å². The first-order valence-electron chi connectivity index (χ1n) is 8.72. The molecule has 1 aromatic carbocycles. The SMILES string of the molecule is Cc1cccc2c1OP(=O)(/C=C/[C@H]1OC(n3cnc(C(N)=O)n3)[C@H](O)[C@@H]1O)OC2. The molecule has 2 unspecified atom stereocenters. The third kappa shape index (κ3) is 3.70. The highest BCUT2D eigenvalue weighted by molar-refractivity contribution is 7.57. The summed E-state index contributed by atoms with van der Waals surface area (Å²) < 4.78 is 30.5. The molecule has 2 aromatic rings. The van der Waals surface area contributed by atoms with Crippen LogP contribution in [0.25, 0.3) is 0 Å². The number of amides is 1. The summed E-state index contributed by atoms with van der Waals surface area (Å²) in [6, 6.07) is 5.51. The summed E-state index contributed by atoms with van der Waals surface area (Å²) in [5.74, 6) is 0.603. The predicted octanol–water partition coefficient (Wildman–Crippen LogP) is 0.621. The summed E-state index contributed by atoms with van der Waals surface area (Å²) in [6.07, 6.45) is -2.39. The van der Waals surface area contributed by atoms with Crippen LogP contribution in [-0.2, 0) is 20.4 Å². The largest absolute Gasteiger partial charge is 0.421 e. The molecule has 0 aliphatic carbocycles. The van der Waals surface area contributed by atoms with Crippen molar-refractivity contribution in [1.29, 1.82) is 0 Å². The van der Waals surface area contributed by atoms with E-state index in [0.717, 1.165) is 22.1 Å². The minimum absolute atomic E-state index is 0.118. The van der Waals surface area contributed by atoms with Crippen molar-refractivity contribution < 1.29 is 33.4 Å². The molecule has 0 radical (unpaired) electrons. The molecule has 4 N–H and O–H groups in total. The number of aliphatic hydroxyl groups is 2. The molecule has 0 saturated carbocycles. The fourth-order valence-corrected chi connectivity index (χ4v) is 4.52. The maximum absolute atomic E-state index is 12.9. The number of aliphatic hydroxyl groups excluding tert-OH is 2. The third-order valence-corrected chi connectivity index (χ3v) is 6.10. The van der Waals surface area contributed by atoms with Crippen molar-refractivity contribution in [3.63, 3.8) is 0 Å². The van der Waals surface area contributed by atoms with E-state index >= 15 is 0 Å². The van der Waals surface area contributed by atoms with E-state index in [0.29, 0.717) is 5.75 Å². The van der Waals surface area contributed by atoms with Gasteiger partial charge in [0.1, 0.15) is 30.4 Å². The van der Waals surface area contributed by atoms with Crippen LogP contribution in [0, 0.1) is 6.92 Å². The van der Waals surface area contributed by atoms with Gasteiger partial charge in [-0.05, 0) is 18.6 Å². The molecule has 2 aliphatic heterocycles. The highest BCUT2D eigenvalue weighted by atomic mass is 31.2. The van der Waals surface area contributed by atoms with Crippen molar-refractivity contribution in [1.82, 2.24) is 14.8 Å². The predicted molar refractivity (Wildman–Crippen MR) is 97.8 cm³/mol. The quantitative estimate of drug-likeness (QED) is 0.600. The summed E-state index contributed by atoms with van der Waals surface area (Å²) in [5, 5.41) is 24.3. The van der Waals surface area contributed by atoms with Gasteiger partial charge in [0, 0.05) is 11.4 Å². The Kier molecular flexibility index (Phi) is 5.01. The minimum atomic E-state index is -3.62. The first-order valence-corrected chi connectivity index (χ1v) is 10.3. The number of aromatic nitrogens is 3. The molecule has 3 heterocycles. The summed E-state index contributed by atoms with van der Waals surface area (Å²) in [7, 11) is -3.62. The molecule has 2 aliphatic rings. The fourth-order valence-electron chi connectivity index (χ4n) is 3.11. The number of ether oxygens (including phenoxy) is 1. The lowest BCUT2D eigenvalue weighted by Gasteiger charge is -2.25. The standard InChI is InChI=1S/C17H19N4O7P/c1-9-3-2-4-10-7-26-29(25,28-14(9)10)6-5-11-12(22)13(23)17(27-11)21-8-19-16(20-21)15(18)24/h2-6,8,11-13,17,22-23H,7H2,1H3,(H2,18,24)/b6-5+/t11-,12-,13-,17?,29?/m1/s1. The molecule has 4 rings (SSSR count). The number of nitrogens with zero attached hydrogens (tertiary/aromatic N) is 3. The second-order valence-corrected chi connectivity index (χ2v) is 8.51. The second kappa shape index (κ2) is 7.36. The molecule has 0 spiro atoms. The van der Waals surface area contributed by atoms with Gasteiger partial charge in [0.05, 0.1) is 6.61 Å². The second-order valence-electron chi connectivity index (χ2n) is 6.69. The van der Waals surface area contributed by atoms with Gasteiger partial charge in [0.25, 0.3) is 5.91 Å². The summed E-state index contributed by atoms with van der Waals surface area (Å²) in [6.45, 7) is 1.95. The molecule has 1 aromatic heterocycles. The Morgan fingerprint density at radius 2 is 2.17 bits per heavy atom. The van der Waals surface area contributed by atoms with Crippen molar-refractivity contribution in [3.8, 4) is 5.75 Å². The molecular formula is C17H19N4O7P. The normalized spacial score (nSPS) is 31.6. The number of carbonyl (C=O) groups is 1. The van der Waals surface area contributed by atoms with E-state index in [1.54, 1.807) is 0 Å². The van der Waals surface area contributed by atoms with Crippen molar-refractivity contribution in [2.45, 2.75) is 38.1 Å². The molecule has 1 amide bonds. The molecule has 12 heteroatoms. The molecule has 1 fully saturated rings. The van der Waals surface area contributed by atoms with E-state index < -0.39 is 38.0 Å². The van der Waals surface area contributed by atoms with Crippen molar-refractivity contribution in [2.24, 2.45) is 5.73 Å². The van der Waals surface area contributed by atoms with E-state index in [1.165, 1.54) is 11.9 Å². The number of para-hydroxylation sites is 1. The van der Waals surface area contributed by atoms with E-state index in [9.17, 15) is 19.6 Å². The Bertz CT molecular complexity index is 1020. The zero-order valence-corrected chi connectivity index (χ0v) is 16.2. The van der Waals surface area contributed by atoms with Gasteiger partial charge in [0.15, 0.2) is 6.23 Å². The zero-order chi connectivity index (χ0) is 20.8. The number of carbonyl (C=O) groups excluding carboxylic acids is 1. The average Bonchev–Trinajstić information content (AvgIpc) is 3.28. The van der Waals surface area contributed by atoms with Crippen LogP contribution >= 0.6 is 7.60 Å². The number of nitrogens with two attached hydrogens (primary N) is 1. The number of hydrogen-bond donors (Lipinski definition) is 3. The number of benzene rings is 1. The summed E-state index contributed by atoms with van der Waals surface area (Å²) in [5.41, 5.74) is 6.71. The van der Waals surface area contributed by atoms with Gasteiger partial charge in [-0.2, -0.15) is 0 Å². The monoisotopic (exact) mass is 422 g/mol. The van der Waals surface area contributed by atoms with Gasteiger partial charge in [-0.25, -0.2) is 14.2 Å². The summed E-state index contributed by atoms with van der Waals surface area (Å²) in [4.78, 5) is 14.8. The number of rotatable bonds is 4. The topological polar surface area (TPSA) is 159 Å². The molecular weight excluding hydrogens is 403 g/mol. The van der Waals surface area contributed by atoms with Crippen LogP contribution in [0.2, 0.25) is 0 Å². The van der Waals surface area contributed by atoms with Gasteiger partial charge < -0.3 is 25.2 Å². The molecule has 0 bridgehead atoms. The van der Waals surface area contributed by atoms with E-state index in [1.807, 2.05) is 25.1 Å². The molecule has 5 atom stereocenters. The minimum Gasteiger partial charge on any atom is -0.421 e. The Morgan fingerprint density at radius 1 is 1.38 bits per heavy atom. The van der Waals surface area contributed by atoms with Gasteiger partial charge >= 0.3 is 7.60 Å². The third-order valence-electron chi connectivity index (χ3n) is 4.64. The van der Waals surface area contributed by atoms with Crippen LogP contribution in [0.3, 0.4) is 0 Å². The first-order chi connectivity index (χ1) is 13.8. The lowest BCUT2D eigenvalue weighted by Crippen LogP contribution is -2.31. The number of aryl methyl sites for hydroxylation is 1. The lowest BCUT2D eigenvalue weighted by atomic mass is 10.1. The zero-order valence-electron chi connectivity index (χ0n) is 15.3. The number of primary amides is 1. The van der Waals surface area contributed by atoms with Gasteiger partial charge in [-0.1, -0.05) is 18.2 Å². The van der Waals surface area contributed by atoms with Crippen LogP contribution in [0.15, 0.2) is 36.4 Å². The molecule has 1 saturated heterocycles. The van der Waals surface area contributed by atoms with Crippen molar-refractivity contribution >= 4 is 13.5 Å². The smallest absolute Gasteiger partial charge is 0.403 e. The maximum Gasteiger partial charge on any atom is 0.403 e. The highest BCUT2D eigenvalue weighted by Gasteiger charge is 2.44. The van der Waals surface area contributed by atoms with Crippen molar-refractivity contribution in [2.75, 3.05) is 0 Å². The van der Waals surface area contributed by atoms with Crippen LogP contribution in [0.4, 0.5) is 0 Å². The first kappa shape index (κ1) is 19.7. The van der Waals surface area contributed by atoms with Gasteiger partial charge in [-0.15, -0.1) is 5.10 Å². The highest BCUT2D eigenvalue weighted by Crippen LogP contribution is 2.55. The van der Waals surface area contributed by atoms with Gasteiger partial charge in [-0.3, -0.25) is 9.32 Å². The van der Waals surface area contributed by atoms with E-state index in [-0.39, 0.29) is 12.4 Å². The molecule has 29 heavy (non-hydrogen) atoms. The van der Waals surface area contributed by atoms with Crippen LogP contribution in [0.1, 0.15) is 28.0 Å². The van der Waals surface area contributed by atoms with Crippen molar-refractivity contribution in [3.05, 3.63) is 53.4 Å². The van der Waals surface area contributed by atoms with Gasteiger partial charge in [0.2, 0.25) is 5.82 Å². The number of fused-ring (bicyclic) bond motifs is 1. The Balaban J connectivity index is 1.50. The average molecular weight is 422 g/mol.